The summed E-state index contributed by atoms with van der Waals surface area (Å²) in [5.41, 5.74) is 5.55. The van der Waals surface area contributed by atoms with Crippen molar-refractivity contribution in [3.8, 4) is 0 Å². The summed E-state index contributed by atoms with van der Waals surface area (Å²) in [4.78, 5) is 2.14. The second-order valence-corrected chi connectivity index (χ2v) is 3.89. The molecule has 0 aliphatic carbocycles. The fourth-order valence-corrected chi connectivity index (χ4v) is 1.46. The van der Waals surface area contributed by atoms with Gasteiger partial charge in [0.2, 0.25) is 0 Å². The number of β-amino-alcohol motifs (C(OH)–C–C–N with tert-alkyl or cyclic N) is 1. The van der Waals surface area contributed by atoms with Crippen LogP contribution in [0.25, 0.3) is 0 Å². The van der Waals surface area contributed by atoms with Gasteiger partial charge in [-0.15, -0.1) is 0 Å². The highest BCUT2D eigenvalue weighted by Gasteiger charge is 2.35. The molecule has 0 spiro atoms. The highest BCUT2D eigenvalue weighted by molar-refractivity contribution is 4.89. The fraction of sp³-hybridized carbons (Fsp3) is 1.00. The van der Waals surface area contributed by atoms with Crippen LogP contribution in [0, 0.1) is 5.41 Å². The Hall–Kier alpha value is -0.120. The van der Waals surface area contributed by atoms with Crippen LogP contribution in [0.3, 0.4) is 0 Å². The summed E-state index contributed by atoms with van der Waals surface area (Å²) < 4.78 is 0. The standard InChI is InChI=1S/C8H18N2O/c1-8(6-9)3-4-10(2)5-7(8)11/h7,11H,3-6,9H2,1-2H3. The summed E-state index contributed by atoms with van der Waals surface area (Å²) in [7, 11) is 2.03. The lowest BCUT2D eigenvalue weighted by atomic mass is 9.78. The van der Waals surface area contributed by atoms with Crippen LogP contribution >= 0.6 is 0 Å². The van der Waals surface area contributed by atoms with E-state index in [1.807, 2.05) is 7.05 Å². The second-order valence-electron chi connectivity index (χ2n) is 3.89. The molecule has 0 bridgehead atoms. The van der Waals surface area contributed by atoms with Crippen molar-refractivity contribution < 1.29 is 5.11 Å². The Bertz CT molecular complexity index is 140. The van der Waals surface area contributed by atoms with Gasteiger partial charge in [0.15, 0.2) is 0 Å². The number of nitrogens with two attached hydrogens (primary N) is 1. The van der Waals surface area contributed by atoms with Crippen molar-refractivity contribution in [2.75, 3.05) is 26.7 Å². The van der Waals surface area contributed by atoms with Crippen molar-refractivity contribution in [1.82, 2.24) is 4.90 Å². The van der Waals surface area contributed by atoms with E-state index in [1.165, 1.54) is 0 Å². The zero-order chi connectivity index (χ0) is 8.48. The molecule has 66 valence electrons. The normalized spacial score (nSPS) is 40.9. The maximum absolute atomic E-state index is 9.68. The molecule has 0 aromatic heterocycles. The zero-order valence-corrected chi connectivity index (χ0v) is 7.38. The van der Waals surface area contributed by atoms with E-state index in [2.05, 4.69) is 11.8 Å². The molecule has 3 heteroatoms. The molecule has 0 amide bonds. The zero-order valence-electron chi connectivity index (χ0n) is 7.38. The summed E-state index contributed by atoms with van der Waals surface area (Å²) in [5.74, 6) is 0. The van der Waals surface area contributed by atoms with E-state index in [4.69, 9.17) is 5.73 Å². The van der Waals surface area contributed by atoms with Gasteiger partial charge in [0, 0.05) is 18.5 Å². The first-order chi connectivity index (χ1) is 5.08. The molecule has 1 aliphatic heterocycles. The summed E-state index contributed by atoms with van der Waals surface area (Å²) in [6, 6.07) is 0. The number of hydrogen-bond acceptors (Lipinski definition) is 3. The van der Waals surface area contributed by atoms with Gasteiger partial charge in [-0.1, -0.05) is 6.92 Å². The molecule has 3 N–H and O–H groups in total. The van der Waals surface area contributed by atoms with Crippen LogP contribution in [0.4, 0.5) is 0 Å². The molecule has 11 heavy (non-hydrogen) atoms. The van der Waals surface area contributed by atoms with Crippen LogP contribution in [0.1, 0.15) is 13.3 Å². The maximum atomic E-state index is 9.68. The van der Waals surface area contributed by atoms with E-state index in [0.717, 1.165) is 19.5 Å². The van der Waals surface area contributed by atoms with Crippen LogP contribution in [-0.2, 0) is 0 Å². The van der Waals surface area contributed by atoms with Crippen LogP contribution < -0.4 is 5.73 Å². The minimum atomic E-state index is -0.258. The third-order valence-electron chi connectivity index (χ3n) is 2.82. The molecular weight excluding hydrogens is 140 g/mol. The molecule has 0 aromatic rings. The van der Waals surface area contributed by atoms with E-state index in [0.29, 0.717) is 6.54 Å². The Kier molecular flexibility index (Phi) is 2.52. The summed E-state index contributed by atoms with van der Waals surface area (Å²) in [6.07, 6.45) is 0.743. The van der Waals surface area contributed by atoms with Crippen molar-refractivity contribution in [1.29, 1.82) is 0 Å². The molecule has 0 saturated carbocycles. The van der Waals surface area contributed by atoms with Crippen LogP contribution in [0.2, 0.25) is 0 Å². The largest absolute Gasteiger partial charge is 0.391 e. The molecule has 2 atom stereocenters. The smallest absolute Gasteiger partial charge is 0.0732 e. The van der Waals surface area contributed by atoms with Crippen molar-refractivity contribution >= 4 is 0 Å². The van der Waals surface area contributed by atoms with Crippen molar-refractivity contribution in [2.45, 2.75) is 19.4 Å². The van der Waals surface area contributed by atoms with E-state index < -0.39 is 0 Å². The average molecular weight is 158 g/mol. The number of hydrogen-bond donors (Lipinski definition) is 2. The highest BCUT2D eigenvalue weighted by Crippen LogP contribution is 2.28. The lowest BCUT2D eigenvalue weighted by Gasteiger charge is -2.41. The number of rotatable bonds is 1. The molecule has 1 fully saturated rings. The molecule has 0 radical (unpaired) electrons. The molecule has 1 aliphatic rings. The first kappa shape index (κ1) is 8.97. The Balaban J connectivity index is 2.56. The Morgan fingerprint density at radius 3 is 2.82 bits per heavy atom. The van der Waals surface area contributed by atoms with Crippen LogP contribution in [0.15, 0.2) is 0 Å². The summed E-state index contributed by atoms with van der Waals surface area (Å²) in [6.45, 7) is 4.45. The van der Waals surface area contributed by atoms with E-state index in [9.17, 15) is 5.11 Å². The number of likely N-dealkylation sites (N-methyl/N-ethyl adjacent to an activating group) is 1. The molecule has 1 saturated heterocycles. The average Bonchev–Trinajstić information content (AvgIpc) is 1.98. The van der Waals surface area contributed by atoms with Crippen molar-refractivity contribution in [3.05, 3.63) is 0 Å². The van der Waals surface area contributed by atoms with Gasteiger partial charge in [-0.2, -0.15) is 0 Å². The van der Waals surface area contributed by atoms with Gasteiger partial charge >= 0.3 is 0 Å². The van der Waals surface area contributed by atoms with Crippen LogP contribution in [-0.4, -0.2) is 42.8 Å². The van der Waals surface area contributed by atoms with Gasteiger partial charge in [0.05, 0.1) is 6.10 Å². The van der Waals surface area contributed by atoms with Crippen molar-refractivity contribution in [3.63, 3.8) is 0 Å². The topological polar surface area (TPSA) is 49.5 Å². The number of piperidine rings is 1. The van der Waals surface area contributed by atoms with E-state index >= 15 is 0 Å². The molecule has 1 rings (SSSR count). The van der Waals surface area contributed by atoms with Crippen LogP contribution in [0.5, 0.6) is 0 Å². The van der Waals surface area contributed by atoms with Gasteiger partial charge in [0.25, 0.3) is 0 Å². The monoisotopic (exact) mass is 158 g/mol. The third kappa shape index (κ3) is 1.72. The van der Waals surface area contributed by atoms with Gasteiger partial charge in [-0.25, -0.2) is 0 Å². The first-order valence-corrected chi connectivity index (χ1v) is 4.15. The number of aliphatic hydroxyl groups excluding tert-OH is 1. The minimum Gasteiger partial charge on any atom is -0.391 e. The summed E-state index contributed by atoms with van der Waals surface area (Å²) >= 11 is 0. The molecule has 0 aromatic carbocycles. The Morgan fingerprint density at radius 2 is 2.36 bits per heavy atom. The summed E-state index contributed by atoms with van der Waals surface area (Å²) in [5, 5.41) is 9.68. The number of nitrogens with zero attached hydrogens (tertiary/aromatic N) is 1. The lowest BCUT2D eigenvalue weighted by molar-refractivity contribution is -0.0224. The SMILES string of the molecule is CN1CCC(C)(CN)C(O)C1. The van der Waals surface area contributed by atoms with Crippen molar-refractivity contribution in [2.24, 2.45) is 11.1 Å². The van der Waals surface area contributed by atoms with Gasteiger partial charge in [0.1, 0.15) is 0 Å². The molecule has 3 nitrogen and oxygen atoms in total. The van der Waals surface area contributed by atoms with Gasteiger partial charge < -0.3 is 15.7 Å². The van der Waals surface area contributed by atoms with Gasteiger partial charge in [-0.3, -0.25) is 0 Å². The second kappa shape index (κ2) is 3.09. The quantitative estimate of drug-likeness (QED) is 0.548. The fourth-order valence-electron chi connectivity index (χ4n) is 1.46. The third-order valence-corrected chi connectivity index (χ3v) is 2.82. The lowest BCUT2D eigenvalue weighted by Crippen LogP contribution is -2.51. The molecule has 1 heterocycles. The molecule has 2 unspecified atom stereocenters. The minimum absolute atomic E-state index is 0.0491. The van der Waals surface area contributed by atoms with E-state index in [1.54, 1.807) is 0 Å². The van der Waals surface area contributed by atoms with E-state index in [-0.39, 0.29) is 11.5 Å². The first-order valence-electron chi connectivity index (χ1n) is 4.15. The Labute approximate surface area is 68.2 Å². The number of likely N-dealkylation sites (tertiary alicyclic amines) is 1. The number of aliphatic hydroxyl groups is 1. The predicted molar refractivity (Wildman–Crippen MR) is 45.3 cm³/mol. The predicted octanol–water partition coefficient (Wildman–Crippen LogP) is -0.352. The highest BCUT2D eigenvalue weighted by atomic mass is 16.3. The molecular formula is C8H18N2O. The maximum Gasteiger partial charge on any atom is 0.0732 e. The van der Waals surface area contributed by atoms with Gasteiger partial charge in [-0.05, 0) is 20.0 Å². The Morgan fingerprint density at radius 1 is 1.73 bits per heavy atom.